The largest absolute Gasteiger partial charge is 0.476 e. The van der Waals surface area contributed by atoms with Crippen molar-refractivity contribution in [3.8, 4) is 5.75 Å². The van der Waals surface area contributed by atoms with Crippen LogP contribution in [-0.2, 0) is 0 Å². The second kappa shape index (κ2) is 7.12. The van der Waals surface area contributed by atoms with E-state index in [1.54, 1.807) is 24.3 Å². The first-order valence-corrected chi connectivity index (χ1v) is 7.69. The van der Waals surface area contributed by atoms with Gasteiger partial charge in [0, 0.05) is 11.1 Å². The van der Waals surface area contributed by atoms with Gasteiger partial charge in [0.1, 0.15) is 5.75 Å². The summed E-state index contributed by atoms with van der Waals surface area (Å²) in [4.78, 5) is 12.9. The summed E-state index contributed by atoms with van der Waals surface area (Å²) in [6, 6.07) is 25.7. The van der Waals surface area contributed by atoms with Gasteiger partial charge in [0.05, 0.1) is 5.02 Å². The van der Waals surface area contributed by atoms with Gasteiger partial charge in [-0.1, -0.05) is 84.4 Å². The van der Waals surface area contributed by atoms with E-state index in [9.17, 15) is 4.79 Å². The lowest BCUT2D eigenvalue weighted by Gasteiger charge is -2.19. The molecule has 0 saturated carbocycles. The van der Waals surface area contributed by atoms with E-state index in [2.05, 4.69) is 0 Å². The monoisotopic (exact) mass is 322 g/mol. The van der Waals surface area contributed by atoms with Gasteiger partial charge in [0.2, 0.25) is 5.78 Å². The second-order valence-electron chi connectivity index (χ2n) is 5.07. The van der Waals surface area contributed by atoms with E-state index in [-0.39, 0.29) is 5.78 Å². The summed E-state index contributed by atoms with van der Waals surface area (Å²) in [5.74, 6) is 0.393. The average Bonchev–Trinajstić information content (AvgIpc) is 2.62. The van der Waals surface area contributed by atoms with Gasteiger partial charge >= 0.3 is 0 Å². The minimum Gasteiger partial charge on any atom is -0.476 e. The molecule has 0 fully saturated rings. The molecule has 1 atom stereocenters. The number of ketones is 1. The zero-order chi connectivity index (χ0) is 16.1. The maximum Gasteiger partial charge on any atom is 0.207 e. The minimum atomic E-state index is -0.738. The lowest BCUT2D eigenvalue weighted by molar-refractivity contribution is 0.0792. The van der Waals surface area contributed by atoms with Crippen molar-refractivity contribution in [1.82, 2.24) is 0 Å². The summed E-state index contributed by atoms with van der Waals surface area (Å²) in [7, 11) is 0. The van der Waals surface area contributed by atoms with Crippen molar-refractivity contribution in [3.63, 3.8) is 0 Å². The third-order valence-corrected chi connectivity index (χ3v) is 3.79. The summed E-state index contributed by atoms with van der Waals surface area (Å²) in [5, 5.41) is 0.481. The van der Waals surface area contributed by atoms with Crippen LogP contribution in [0, 0.1) is 0 Å². The maximum atomic E-state index is 12.9. The predicted octanol–water partition coefficient (Wildman–Crippen LogP) is 5.34. The molecule has 114 valence electrons. The van der Waals surface area contributed by atoms with Crippen LogP contribution in [0.5, 0.6) is 5.75 Å². The Balaban J connectivity index is 1.98. The third-order valence-electron chi connectivity index (χ3n) is 3.48. The number of Topliss-reactive ketones (excluding diaryl/α,β-unsaturated/α-hetero) is 1. The van der Waals surface area contributed by atoms with Crippen molar-refractivity contribution >= 4 is 17.4 Å². The average molecular weight is 323 g/mol. The standard InChI is InChI=1S/C20H15ClO2/c21-17-13-7-8-14-18(17)23-20(16-11-5-2-6-12-16)19(22)15-9-3-1-4-10-15/h1-14,20H. The molecule has 0 amide bonds. The Bertz CT molecular complexity index is 785. The van der Waals surface area contributed by atoms with Crippen molar-refractivity contribution in [2.24, 2.45) is 0 Å². The van der Waals surface area contributed by atoms with E-state index >= 15 is 0 Å². The Kier molecular flexibility index (Phi) is 4.74. The Morgan fingerprint density at radius 2 is 1.35 bits per heavy atom. The first kappa shape index (κ1) is 15.3. The van der Waals surface area contributed by atoms with Crippen molar-refractivity contribution in [2.75, 3.05) is 0 Å². The number of rotatable bonds is 5. The zero-order valence-electron chi connectivity index (χ0n) is 12.4. The number of benzene rings is 3. The van der Waals surface area contributed by atoms with Crippen LogP contribution in [0.25, 0.3) is 0 Å². The van der Waals surface area contributed by atoms with Gasteiger partial charge in [0.15, 0.2) is 6.10 Å². The van der Waals surface area contributed by atoms with E-state index < -0.39 is 6.10 Å². The predicted molar refractivity (Wildman–Crippen MR) is 92.0 cm³/mol. The van der Waals surface area contributed by atoms with Crippen LogP contribution in [0.3, 0.4) is 0 Å². The molecular weight excluding hydrogens is 308 g/mol. The Labute approximate surface area is 140 Å². The molecule has 0 radical (unpaired) electrons. The molecule has 23 heavy (non-hydrogen) atoms. The molecule has 0 aromatic heterocycles. The number of hydrogen-bond acceptors (Lipinski definition) is 2. The van der Waals surface area contributed by atoms with Crippen LogP contribution >= 0.6 is 11.6 Å². The first-order chi connectivity index (χ1) is 11.3. The maximum absolute atomic E-state index is 12.9. The zero-order valence-corrected chi connectivity index (χ0v) is 13.1. The van der Waals surface area contributed by atoms with Crippen LogP contribution in [0.4, 0.5) is 0 Å². The summed E-state index contributed by atoms with van der Waals surface area (Å²) in [5.41, 5.74) is 1.40. The molecule has 3 aromatic carbocycles. The van der Waals surface area contributed by atoms with Crippen molar-refractivity contribution in [2.45, 2.75) is 6.10 Å². The molecule has 0 aliphatic rings. The number of halogens is 1. The van der Waals surface area contributed by atoms with Crippen LogP contribution in [0.2, 0.25) is 5.02 Å². The molecular formula is C20H15ClO2. The van der Waals surface area contributed by atoms with Crippen molar-refractivity contribution in [1.29, 1.82) is 0 Å². The molecule has 0 aliphatic carbocycles. The van der Waals surface area contributed by atoms with Gasteiger partial charge in [0.25, 0.3) is 0 Å². The van der Waals surface area contributed by atoms with E-state index in [0.717, 1.165) is 5.56 Å². The van der Waals surface area contributed by atoms with Crippen LogP contribution in [0.15, 0.2) is 84.9 Å². The normalized spacial score (nSPS) is 11.7. The number of para-hydroxylation sites is 1. The van der Waals surface area contributed by atoms with Gasteiger partial charge in [-0.15, -0.1) is 0 Å². The molecule has 0 N–H and O–H groups in total. The van der Waals surface area contributed by atoms with Gasteiger partial charge in [-0.2, -0.15) is 0 Å². The SMILES string of the molecule is O=C(c1ccccc1)C(Oc1ccccc1Cl)c1ccccc1. The van der Waals surface area contributed by atoms with Crippen molar-refractivity contribution < 1.29 is 9.53 Å². The fourth-order valence-electron chi connectivity index (χ4n) is 2.32. The van der Waals surface area contributed by atoms with Gasteiger partial charge in [-0.05, 0) is 12.1 Å². The summed E-state index contributed by atoms with van der Waals surface area (Å²) < 4.78 is 5.97. The molecule has 3 aromatic rings. The number of carbonyl (C=O) groups is 1. The van der Waals surface area contributed by atoms with E-state index in [1.165, 1.54) is 0 Å². The Morgan fingerprint density at radius 1 is 0.783 bits per heavy atom. The van der Waals surface area contributed by atoms with E-state index in [4.69, 9.17) is 16.3 Å². The number of ether oxygens (including phenoxy) is 1. The highest BCUT2D eigenvalue weighted by Gasteiger charge is 2.24. The van der Waals surface area contributed by atoms with Gasteiger partial charge in [-0.25, -0.2) is 0 Å². The summed E-state index contributed by atoms with van der Waals surface area (Å²) in [6.45, 7) is 0. The fraction of sp³-hybridized carbons (Fsp3) is 0.0500. The number of hydrogen-bond donors (Lipinski definition) is 0. The molecule has 3 rings (SSSR count). The summed E-state index contributed by atoms with van der Waals surface area (Å²) in [6.07, 6.45) is -0.738. The number of carbonyl (C=O) groups excluding carboxylic acids is 1. The topological polar surface area (TPSA) is 26.3 Å². The van der Waals surface area contributed by atoms with Crippen LogP contribution in [0.1, 0.15) is 22.0 Å². The molecule has 0 aliphatic heterocycles. The highest BCUT2D eigenvalue weighted by Crippen LogP contribution is 2.30. The first-order valence-electron chi connectivity index (χ1n) is 7.31. The van der Waals surface area contributed by atoms with Gasteiger partial charge < -0.3 is 4.74 Å². The highest BCUT2D eigenvalue weighted by molar-refractivity contribution is 6.32. The second-order valence-corrected chi connectivity index (χ2v) is 5.48. The molecule has 0 saturated heterocycles. The lowest BCUT2D eigenvalue weighted by atomic mass is 10.00. The van der Waals surface area contributed by atoms with E-state index in [1.807, 2.05) is 60.7 Å². The minimum absolute atomic E-state index is 0.100. The molecule has 0 spiro atoms. The Hall–Kier alpha value is -2.58. The van der Waals surface area contributed by atoms with Crippen molar-refractivity contribution in [3.05, 3.63) is 101 Å². The molecule has 0 bridgehead atoms. The fourth-order valence-corrected chi connectivity index (χ4v) is 2.50. The third kappa shape index (κ3) is 3.61. The highest BCUT2D eigenvalue weighted by atomic mass is 35.5. The quantitative estimate of drug-likeness (QED) is 0.592. The molecule has 3 heteroatoms. The smallest absolute Gasteiger partial charge is 0.207 e. The van der Waals surface area contributed by atoms with Crippen LogP contribution in [-0.4, -0.2) is 5.78 Å². The Morgan fingerprint density at radius 3 is 2.00 bits per heavy atom. The molecule has 1 unspecified atom stereocenters. The molecule has 2 nitrogen and oxygen atoms in total. The van der Waals surface area contributed by atoms with Crippen LogP contribution < -0.4 is 4.74 Å². The lowest BCUT2D eigenvalue weighted by Crippen LogP contribution is -2.19. The van der Waals surface area contributed by atoms with Gasteiger partial charge in [-0.3, -0.25) is 4.79 Å². The molecule has 0 heterocycles. The summed E-state index contributed by atoms with van der Waals surface area (Å²) >= 11 is 6.17. The van der Waals surface area contributed by atoms with E-state index in [0.29, 0.717) is 16.3 Å².